The summed E-state index contributed by atoms with van der Waals surface area (Å²) in [7, 11) is 1.52. The Balaban J connectivity index is 2.06. The van der Waals surface area contributed by atoms with E-state index in [0.29, 0.717) is 11.3 Å². The fraction of sp³-hybridized carbons (Fsp3) is 0.100. The zero-order chi connectivity index (χ0) is 21.8. The van der Waals surface area contributed by atoms with Crippen LogP contribution in [0.1, 0.15) is 21.6 Å². The standard InChI is InChI=1S/C20H13ClFN3O5/c1-29-14-4-2-11(3-5-14)9-25-10-24-17(20(27)28)18(19(25)26)30-15-7-13(21)6-12(8-23)16(15)22/h2-7,10H,9H2,1H3,(H,27,28). The molecule has 0 amide bonds. The quantitative estimate of drug-likeness (QED) is 0.638. The first kappa shape index (κ1) is 20.8. The van der Waals surface area contributed by atoms with Gasteiger partial charge in [0.25, 0.3) is 5.56 Å². The second-order valence-electron chi connectivity index (χ2n) is 5.99. The van der Waals surface area contributed by atoms with E-state index in [1.165, 1.54) is 7.11 Å². The van der Waals surface area contributed by atoms with Crippen LogP contribution in [0.2, 0.25) is 5.02 Å². The van der Waals surface area contributed by atoms with Crippen molar-refractivity contribution in [1.82, 2.24) is 9.55 Å². The Morgan fingerprint density at radius 2 is 2.03 bits per heavy atom. The number of carbonyl (C=O) groups is 1. The number of benzene rings is 2. The number of hydrogen-bond donors (Lipinski definition) is 1. The zero-order valence-corrected chi connectivity index (χ0v) is 16.2. The topological polar surface area (TPSA) is 114 Å². The summed E-state index contributed by atoms with van der Waals surface area (Å²) in [6, 6.07) is 10.5. The van der Waals surface area contributed by atoms with E-state index in [1.54, 1.807) is 30.3 Å². The van der Waals surface area contributed by atoms with Crippen LogP contribution in [0.4, 0.5) is 4.39 Å². The number of carboxylic acids is 1. The highest BCUT2D eigenvalue weighted by Gasteiger charge is 2.22. The molecule has 2 aromatic carbocycles. The molecule has 152 valence electrons. The van der Waals surface area contributed by atoms with Gasteiger partial charge in [-0.2, -0.15) is 5.26 Å². The summed E-state index contributed by atoms with van der Waals surface area (Å²) in [5, 5.41) is 18.3. The largest absolute Gasteiger partial charge is 0.497 e. The fourth-order valence-corrected chi connectivity index (χ4v) is 2.79. The second kappa shape index (κ2) is 8.63. The van der Waals surface area contributed by atoms with E-state index < -0.39 is 40.1 Å². The number of methoxy groups -OCH3 is 1. The van der Waals surface area contributed by atoms with Crippen molar-refractivity contribution in [3.63, 3.8) is 0 Å². The highest BCUT2D eigenvalue weighted by molar-refractivity contribution is 6.30. The van der Waals surface area contributed by atoms with Crippen LogP contribution in [-0.2, 0) is 6.54 Å². The van der Waals surface area contributed by atoms with Gasteiger partial charge in [-0.05, 0) is 23.8 Å². The molecule has 1 heterocycles. The third-order valence-electron chi connectivity index (χ3n) is 4.05. The highest BCUT2D eigenvalue weighted by atomic mass is 35.5. The van der Waals surface area contributed by atoms with Gasteiger partial charge in [0.15, 0.2) is 17.3 Å². The molecular weight excluding hydrogens is 417 g/mol. The Kier molecular flexibility index (Phi) is 5.99. The van der Waals surface area contributed by atoms with Gasteiger partial charge in [0.1, 0.15) is 11.8 Å². The van der Waals surface area contributed by atoms with E-state index in [9.17, 15) is 19.1 Å². The molecular formula is C20H13ClFN3O5. The van der Waals surface area contributed by atoms with Crippen LogP contribution in [0, 0.1) is 17.1 Å². The molecule has 0 radical (unpaired) electrons. The van der Waals surface area contributed by atoms with E-state index in [1.807, 2.05) is 0 Å². The van der Waals surface area contributed by atoms with Crippen LogP contribution >= 0.6 is 11.6 Å². The number of halogens is 2. The fourth-order valence-electron chi connectivity index (χ4n) is 2.58. The Morgan fingerprint density at radius 1 is 1.33 bits per heavy atom. The maximum absolute atomic E-state index is 14.4. The van der Waals surface area contributed by atoms with Crippen molar-refractivity contribution in [2.45, 2.75) is 6.54 Å². The molecule has 30 heavy (non-hydrogen) atoms. The van der Waals surface area contributed by atoms with Crippen molar-refractivity contribution in [3.05, 3.63) is 80.7 Å². The average molecular weight is 430 g/mol. The van der Waals surface area contributed by atoms with Crippen LogP contribution in [0.25, 0.3) is 0 Å². The summed E-state index contributed by atoms with van der Waals surface area (Å²) in [5.74, 6) is -3.27. The molecule has 1 N–H and O–H groups in total. The van der Waals surface area contributed by atoms with E-state index in [4.69, 9.17) is 26.3 Å². The third-order valence-corrected chi connectivity index (χ3v) is 4.27. The molecule has 0 bridgehead atoms. The minimum atomic E-state index is -1.54. The van der Waals surface area contributed by atoms with Crippen LogP contribution in [0.15, 0.2) is 47.5 Å². The molecule has 3 aromatic rings. The number of nitriles is 1. The molecule has 0 aliphatic heterocycles. The Labute approximate surface area is 174 Å². The summed E-state index contributed by atoms with van der Waals surface area (Å²) >= 11 is 5.85. The molecule has 0 fully saturated rings. The van der Waals surface area contributed by atoms with Gasteiger partial charge in [0.05, 0.1) is 25.5 Å². The lowest BCUT2D eigenvalue weighted by atomic mass is 10.2. The average Bonchev–Trinajstić information content (AvgIpc) is 2.73. The van der Waals surface area contributed by atoms with E-state index >= 15 is 0 Å². The van der Waals surface area contributed by atoms with Crippen molar-refractivity contribution in [2.75, 3.05) is 7.11 Å². The first-order valence-electron chi connectivity index (χ1n) is 8.36. The lowest BCUT2D eigenvalue weighted by molar-refractivity contribution is 0.0686. The molecule has 3 rings (SSSR count). The van der Waals surface area contributed by atoms with Crippen LogP contribution in [-0.4, -0.2) is 27.7 Å². The van der Waals surface area contributed by atoms with Crippen molar-refractivity contribution >= 4 is 17.6 Å². The van der Waals surface area contributed by atoms with Crippen molar-refractivity contribution < 1.29 is 23.8 Å². The predicted octanol–water partition coefficient (Wildman–Crippen LogP) is 3.45. The monoisotopic (exact) mass is 429 g/mol. The van der Waals surface area contributed by atoms with E-state index in [-0.39, 0.29) is 11.6 Å². The first-order valence-corrected chi connectivity index (χ1v) is 8.74. The van der Waals surface area contributed by atoms with Crippen molar-refractivity contribution in [2.24, 2.45) is 0 Å². The lowest BCUT2D eigenvalue weighted by Gasteiger charge is -2.12. The van der Waals surface area contributed by atoms with Gasteiger partial charge < -0.3 is 14.6 Å². The summed E-state index contributed by atoms with van der Waals surface area (Å²) in [5.41, 5.74) is -1.27. The van der Waals surface area contributed by atoms with E-state index in [0.717, 1.165) is 23.0 Å². The zero-order valence-electron chi connectivity index (χ0n) is 15.4. The summed E-state index contributed by atoms with van der Waals surface area (Å²) in [6.07, 6.45) is 1.05. The molecule has 10 heteroatoms. The van der Waals surface area contributed by atoms with Gasteiger partial charge in [-0.1, -0.05) is 23.7 Å². The smallest absolute Gasteiger partial charge is 0.358 e. The number of carboxylic acid groups (broad SMARTS) is 1. The Morgan fingerprint density at radius 3 is 2.63 bits per heavy atom. The molecule has 0 aliphatic rings. The molecule has 0 saturated carbocycles. The van der Waals surface area contributed by atoms with E-state index in [2.05, 4.69) is 4.98 Å². The maximum atomic E-state index is 14.4. The minimum Gasteiger partial charge on any atom is -0.497 e. The van der Waals surface area contributed by atoms with Crippen LogP contribution < -0.4 is 15.0 Å². The van der Waals surface area contributed by atoms with Gasteiger partial charge in [-0.15, -0.1) is 0 Å². The SMILES string of the molecule is COc1ccc(Cn2cnc(C(=O)O)c(Oc3cc(Cl)cc(C#N)c3F)c2=O)cc1. The number of hydrogen-bond acceptors (Lipinski definition) is 6. The molecule has 0 atom stereocenters. The Hall–Kier alpha value is -3.90. The third kappa shape index (κ3) is 4.24. The lowest BCUT2D eigenvalue weighted by Crippen LogP contribution is -2.25. The van der Waals surface area contributed by atoms with Crippen LogP contribution in [0.3, 0.4) is 0 Å². The summed E-state index contributed by atoms with van der Waals surface area (Å²) in [6.45, 7) is 0.0492. The summed E-state index contributed by atoms with van der Waals surface area (Å²) < 4.78 is 25.9. The number of aromatic nitrogens is 2. The number of aromatic carboxylic acids is 1. The van der Waals surface area contributed by atoms with Gasteiger partial charge in [0, 0.05) is 11.1 Å². The number of nitrogens with zero attached hydrogens (tertiary/aromatic N) is 3. The van der Waals surface area contributed by atoms with Gasteiger partial charge in [-0.3, -0.25) is 9.36 Å². The predicted molar refractivity (Wildman–Crippen MR) is 104 cm³/mol. The minimum absolute atomic E-state index is 0.0257. The number of ether oxygens (including phenoxy) is 2. The molecule has 0 spiro atoms. The second-order valence-corrected chi connectivity index (χ2v) is 6.42. The Bertz CT molecular complexity index is 1220. The summed E-state index contributed by atoms with van der Waals surface area (Å²) in [4.78, 5) is 28.1. The highest BCUT2D eigenvalue weighted by Crippen LogP contribution is 2.29. The normalized spacial score (nSPS) is 10.3. The van der Waals surface area contributed by atoms with Crippen molar-refractivity contribution in [1.29, 1.82) is 5.26 Å². The molecule has 1 aromatic heterocycles. The van der Waals surface area contributed by atoms with Crippen molar-refractivity contribution in [3.8, 4) is 23.3 Å². The van der Waals surface area contributed by atoms with Gasteiger partial charge in [-0.25, -0.2) is 14.2 Å². The number of rotatable bonds is 6. The van der Waals surface area contributed by atoms with Gasteiger partial charge in [0.2, 0.25) is 5.75 Å². The first-order chi connectivity index (χ1) is 14.3. The maximum Gasteiger partial charge on any atom is 0.358 e. The van der Waals surface area contributed by atoms with Gasteiger partial charge >= 0.3 is 5.97 Å². The molecule has 0 aliphatic carbocycles. The molecule has 0 saturated heterocycles. The van der Waals surface area contributed by atoms with Crippen LogP contribution in [0.5, 0.6) is 17.2 Å². The molecule has 0 unspecified atom stereocenters. The molecule has 8 nitrogen and oxygen atoms in total.